The van der Waals surface area contributed by atoms with Crippen LogP contribution in [0.3, 0.4) is 0 Å². The van der Waals surface area contributed by atoms with Crippen molar-refractivity contribution in [2.24, 2.45) is 5.84 Å². The predicted octanol–water partition coefficient (Wildman–Crippen LogP) is 3.51. The van der Waals surface area contributed by atoms with Crippen LogP contribution in [-0.4, -0.2) is 15.0 Å². The molecule has 0 saturated carbocycles. The van der Waals surface area contributed by atoms with Crippen LogP contribution in [0, 0.1) is 0 Å². The van der Waals surface area contributed by atoms with Gasteiger partial charge in [0.2, 0.25) is 5.82 Å². The van der Waals surface area contributed by atoms with Crippen LogP contribution in [-0.2, 0) is 6.18 Å². The maximum Gasteiger partial charge on any atom is 0.451 e. The van der Waals surface area contributed by atoms with Crippen LogP contribution in [0.1, 0.15) is 5.82 Å². The summed E-state index contributed by atoms with van der Waals surface area (Å²) < 4.78 is 39.4. The molecule has 0 aliphatic heterocycles. The predicted molar refractivity (Wildman–Crippen MR) is 83.5 cm³/mol. The number of pyridine rings is 1. The van der Waals surface area contributed by atoms with Crippen LogP contribution >= 0.6 is 0 Å². The zero-order valence-electron chi connectivity index (χ0n) is 12.2. The lowest BCUT2D eigenvalue weighted by molar-refractivity contribution is -0.144. The number of hydrazine groups is 1. The van der Waals surface area contributed by atoms with Gasteiger partial charge in [-0.1, -0.05) is 30.3 Å². The van der Waals surface area contributed by atoms with Crippen molar-refractivity contribution in [1.82, 2.24) is 15.0 Å². The van der Waals surface area contributed by atoms with Gasteiger partial charge >= 0.3 is 6.18 Å². The maximum absolute atomic E-state index is 13.1. The standard InChI is InChI=1S/C16H12F3N5/c17-16(18,19)15-22-13(11-7-4-8-21-9-11)12(14(23-15)24-20)10-5-2-1-3-6-10/h1-9H,20H2,(H,22,23,24). The Bertz CT molecular complexity index is 836. The number of nitrogen functional groups attached to an aromatic ring is 1. The van der Waals surface area contributed by atoms with Crippen molar-refractivity contribution in [3.63, 3.8) is 0 Å². The molecule has 122 valence electrons. The number of benzene rings is 1. The highest BCUT2D eigenvalue weighted by Crippen LogP contribution is 2.38. The monoisotopic (exact) mass is 331 g/mol. The molecule has 0 aliphatic rings. The second-order valence-corrected chi connectivity index (χ2v) is 4.87. The molecule has 0 atom stereocenters. The van der Waals surface area contributed by atoms with Gasteiger partial charge in [0, 0.05) is 18.0 Å². The van der Waals surface area contributed by atoms with E-state index in [0.29, 0.717) is 16.7 Å². The number of nitrogens with zero attached hydrogens (tertiary/aromatic N) is 3. The van der Waals surface area contributed by atoms with E-state index < -0.39 is 12.0 Å². The van der Waals surface area contributed by atoms with E-state index in [9.17, 15) is 13.2 Å². The Morgan fingerprint density at radius 1 is 0.917 bits per heavy atom. The van der Waals surface area contributed by atoms with Gasteiger partial charge in [0.25, 0.3) is 0 Å². The van der Waals surface area contributed by atoms with E-state index in [-0.39, 0.29) is 11.5 Å². The fraction of sp³-hybridized carbons (Fsp3) is 0.0625. The van der Waals surface area contributed by atoms with E-state index in [1.165, 1.54) is 12.4 Å². The number of anilines is 1. The lowest BCUT2D eigenvalue weighted by atomic mass is 10.0. The van der Waals surface area contributed by atoms with E-state index in [2.05, 4.69) is 20.4 Å². The molecular weight excluding hydrogens is 319 g/mol. The van der Waals surface area contributed by atoms with Gasteiger partial charge in [0.1, 0.15) is 0 Å². The summed E-state index contributed by atoms with van der Waals surface area (Å²) in [5, 5.41) is 0. The lowest BCUT2D eigenvalue weighted by Gasteiger charge is -2.16. The summed E-state index contributed by atoms with van der Waals surface area (Å²) in [6.45, 7) is 0. The van der Waals surface area contributed by atoms with Crippen LogP contribution < -0.4 is 11.3 Å². The second-order valence-electron chi connectivity index (χ2n) is 4.87. The van der Waals surface area contributed by atoms with Crippen molar-refractivity contribution >= 4 is 5.82 Å². The number of nitrogens with two attached hydrogens (primary N) is 1. The Hall–Kier alpha value is -3.00. The minimum atomic E-state index is -4.70. The smallest absolute Gasteiger partial charge is 0.308 e. The highest BCUT2D eigenvalue weighted by Gasteiger charge is 2.36. The quantitative estimate of drug-likeness (QED) is 0.567. The molecule has 3 aromatic rings. The molecule has 0 saturated heterocycles. The first-order valence-corrected chi connectivity index (χ1v) is 6.92. The van der Waals surface area contributed by atoms with Crippen LogP contribution in [0.2, 0.25) is 0 Å². The molecule has 1 aromatic carbocycles. The molecule has 0 radical (unpaired) electrons. The third-order valence-electron chi connectivity index (χ3n) is 3.30. The number of hydrogen-bond acceptors (Lipinski definition) is 5. The first-order chi connectivity index (χ1) is 11.5. The molecule has 5 nitrogen and oxygen atoms in total. The Labute approximate surface area is 135 Å². The summed E-state index contributed by atoms with van der Waals surface area (Å²) >= 11 is 0. The van der Waals surface area contributed by atoms with Crippen molar-refractivity contribution in [2.45, 2.75) is 6.18 Å². The molecule has 24 heavy (non-hydrogen) atoms. The van der Waals surface area contributed by atoms with Crippen molar-refractivity contribution in [1.29, 1.82) is 0 Å². The number of hydrogen-bond donors (Lipinski definition) is 2. The van der Waals surface area contributed by atoms with E-state index >= 15 is 0 Å². The van der Waals surface area contributed by atoms with Crippen molar-refractivity contribution < 1.29 is 13.2 Å². The van der Waals surface area contributed by atoms with Gasteiger partial charge in [-0.05, 0) is 17.7 Å². The minimum Gasteiger partial charge on any atom is -0.308 e. The molecule has 2 aromatic heterocycles. The SMILES string of the molecule is NNc1nc(C(F)(F)F)nc(-c2cccnc2)c1-c1ccccc1. The fourth-order valence-corrected chi connectivity index (χ4v) is 2.28. The van der Waals surface area contributed by atoms with Gasteiger partial charge in [-0.25, -0.2) is 15.8 Å². The van der Waals surface area contributed by atoms with Gasteiger partial charge in [-0.3, -0.25) is 4.98 Å². The Morgan fingerprint density at radius 2 is 1.62 bits per heavy atom. The Balaban J connectivity index is 2.34. The number of halogens is 3. The molecule has 0 bridgehead atoms. The fourth-order valence-electron chi connectivity index (χ4n) is 2.28. The number of alkyl halides is 3. The summed E-state index contributed by atoms with van der Waals surface area (Å²) in [6, 6.07) is 12.1. The third-order valence-corrected chi connectivity index (χ3v) is 3.30. The topological polar surface area (TPSA) is 76.7 Å². The van der Waals surface area contributed by atoms with Gasteiger partial charge in [0.05, 0.1) is 11.3 Å². The lowest BCUT2D eigenvalue weighted by Crippen LogP contribution is -2.17. The summed E-state index contributed by atoms with van der Waals surface area (Å²) in [7, 11) is 0. The van der Waals surface area contributed by atoms with E-state index in [0.717, 1.165) is 0 Å². The Morgan fingerprint density at radius 3 is 2.21 bits per heavy atom. The van der Waals surface area contributed by atoms with E-state index in [1.54, 1.807) is 42.5 Å². The molecule has 0 spiro atoms. The molecule has 0 fully saturated rings. The second kappa shape index (κ2) is 6.25. The number of rotatable bonds is 3. The highest BCUT2D eigenvalue weighted by molar-refractivity contribution is 5.87. The largest absolute Gasteiger partial charge is 0.451 e. The van der Waals surface area contributed by atoms with Crippen LogP contribution in [0.4, 0.5) is 19.0 Å². The van der Waals surface area contributed by atoms with Gasteiger partial charge < -0.3 is 5.43 Å². The van der Waals surface area contributed by atoms with Crippen molar-refractivity contribution in [3.05, 3.63) is 60.7 Å². The minimum absolute atomic E-state index is 0.101. The molecular formula is C16H12F3N5. The normalized spacial score (nSPS) is 11.3. The molecule has 3 rings (SSSR count). The van der Waals surface area contributed by atoms with Crippen molar-refractivity contribution in [3.8, 4) is 22.4 Å². The average Bonchev–Trinajstić information content (AvgIpc) is 2.61. The van der Waals surface area contributed by atoms with Gasteiger partial charge in [-0.2, -0.15) is 13.2 Å². The molecule has 2 heterocycles. The van der Waals surface area contributed by atoms with Crippen LogP contribution in [0.25, 0.3) is 22.4 Å². The van der Waals surface area contributed by atoms with Gasteiger partial charge in [-0.15, -0.1) is 0 Å². The van der Waals surface area contributed by atoms with E-state index in [1.807, 2.05) is 0 Å². The third kappa shape index (κ3) is 3.04. The van der Waals surface area contributed by atoms with Crippen molar-refractivity contribution in [2.75, 3.05) is 5.43 Å². The molecule has 0 aliphatic carbocycles. The maximum atomic E-state index is 13.1. The molecule has 3 N–H and O–H groups in total. The summed E-state index contributed by atoms with van der Waals surface area (Å²) in [5.74, 6) is 4.05. The van der Waals surface area contributed by atoms with Crippen LogP contribution in [0.5, 0.6) is 0 Å². The van der Waals surface area contributed by atoms with Gasteiger partial charge in [0.15, 0.2) is 5.82 Å². The zero-order valence-corrected chi connectivity index (χ0v) is 12.2. The number of aromatic nitrogens is 3. The van der Waals surface area contributed by atoms with Crippen LogP contribution in [0.15, 0.2) is 54.9 Å². The molecule has 8 heteroatoms. The van der Waals surface area contributed by atoms with E-state index in [4.69, 9.17) is 5.84 Å². The zero-order chi connectivity index (χ0) is 17.2. The first kappa shape index (κ1) is 15.9. The summed E-state index contributed by atoms with van der Waals surface area (Å²) in [6.07, 6.45) is -1.73. The Kier molecular flexibility index (Phi) is 4.13. The summed E-state index contributed by atoms with van der Waals surface area (Å²) in [4.78, 5) is 11.2. The first-order valence-electron chi connectivity index (χ1n) is 6.92. The highest BCUT2D eigenvalue weighted by atomic mass is 19.4. The summed E-state index contributed by atoms with van der Waals surface area (Å²) in [5.41, 5.74) is 3.79. The average molecular weight is 331 g/mol. The molecule has 0 amide bonds. The molecule has 0 unspecified atom stereocenters. The number of nitrogens with one attached hydrogen (secondary N) is 1.